The van der Waals surface area contributed by atoms with Gasteiger partial charge in [0.1, 0.15) is 18.2 Å². The number of morpholine rings is 1. The second-order valence-corrected chi connectivity index (χ2v) is 7.38. The molecular formula is C23H22N6O. The Morgan fingerprint density at radius 3 is 2.93 bits per heavy atom. The Kier molecular flexibility index (Phi) is 5.04. The first-order valence-electron chi connectivity index (χ1n) is 9.96. The molecule has 1 aliphatic rings. The molecule has 5 rings (SSSR count). The third-order valence-corrected chi connectivity index (χ3v) is 5.40. The van der Waals surface area contributed by atoms with Crippen LogP contribution >= 0.6 is 0 Å². The fourth-order valence-electron chi connectivity index (χ4n) is 3.98. The van der Waals surface area contributed by atoms with E-state index in [1.165, 1.54) is 5.56 Å². The molecule has 4 heterocycles. The zero-order chi connectivity index (χ0) is 20.3. The first-order valence-corrected chi connectivity index (χ1v) is 9.96. The molecule has 1 aliphatic heterocycles. The fourth-order valence-corrected chi connectivity index (χ4v) is 3.98. The Bertz CT molecular complexity index is 1180. The average molecular weight is 398 g/mol. The Morgan fingerprint density at radius 2 is 2.00 bits per heavy atom. The lowest BCUT2D eigenvalue weighted by Gasteiger charge is -2.33. The number of rotatable bonds is 4. The summed E-state index contributed by atoms with van der Waals surface area (Å²) in [6, 6.07) is 14.2. The van der Waals surface area contributed by atoms with Crippen molar-refractivity contribution in [3.05, 3.63) is 78.6 Å². The minimum atomic E-state index is -0.144. The molecule has 3 aromatic heterocycles. The molecule has 1 atom stereocenters. The van der Waals surface area contributed by atoms with Crippen molar-refractivity contribution in [2.24, 2.45) is 0 Å². The lowest BCUT2D eigenvalue weighted by molar-refractivity contribution is -0.0346. The molecule has 1 saturated heterocycles. The number of hydrogen-bond donors (Lipinski definition) is 1. The number of hydrogen-bond acceptors (Lipinski definition) is 7. The van der Waals surface area contributed by atoms with Crippen molar-refractivity contribution in [3.8, 4) is 11.1 Å². The number of aromatic nitrogens is 4. The van der Waals surface area contributed by atoms with Crippen LogP contribution in [0.2, 0.25) is 0 Å². The smallest absolute Gasteiger partial charge is 0.123 e. The van der Waals surface area contributed by atoms with Crippen LogP contribution in [0.1, 0.15) is 17.4 Å². The molecule has 0 spiro atoms. The van der Waals surface area contributed by atoms with E-state index in [0.29, 0.717) is 12.4 Å². The predicted molar refractivity (Wildman–Crippen MR) is 115 cm³/mol. The molecule has 1 aromatic carbocycles. The van der Waals surface area contributed by atoms with Gasteiger partial charge >= 0.3 is 0 Å². The van der Waals surface area contributed by atoms with Crippen molar-refractivity contribution >= 4 is 16.7 Å². The highest BCUT2D eigenvalue weighted by Crippen LogP contribution is 2.31. The Hall–Kier alpha value is -3.42. The van der Waals surface area contributed by atoms with Gasteiger partial charge < -0.3 is 10.5 Å². The summed E-state index contributed by atoms with van der Waals surface area (Å²) in [5, 5.41) is 1.16. The number of nitrogens with zero attached hydrogens (tertiary/aromatic N) is 5. The molecule has 1 fully saturated rings. The summed E-state index contributed by atoms with van der Waals surface area (Å²) in [5.74, 6) is 0.469. The summed E-state index contributed by atoms with van der Waals surface area (Å²) in [6.07, 6.45) is 6.79. The molecule has 0 amide bonds. The maximum Gasteiger partial charge on any atom is 0.123 e. The van der Waals surface area contributed by atoms with Gasteiger partial charge in [-0.05, 0) is 29.3 Å². The number of nitrogens with two attached hydrogens (primary N) is 1. The number of ether oxygens (including phenoxy) is 1. The van der Waals surface area contributed by atoms with E-state index in [1.54, 1.807) is 12.5 Å². The number of pyridine rings is 2. The quantitative estimate of drug-likeness (QED) is 0.564. The van der Waals surface area contributed by atoms with Crippen LogP contribution in [0.5, 0.6) is 0 Å². The van der Waals surface area contributed by atoms with E-state index in [-0.39, 0.29) is 6.10 Å². The lowest BCUT2D eigenvalue weighted by atomic mass is 10.0. The van der Waals surface area contributed by atoms with E-state index in [4.69, 9.17) is 10.5 Å². The summed E-state index contributed by atoms with van der Waals surface area (Å²) in [5.41, 5.74) is 10.9. The summed E-state index contributed by atoms with van der Waals surface area (Å²) in [4.78, 5) is 19.8. The van der Waals surface area contributed by atoms with Gasteiger partial charge in [-0.2, -0.15) is 0 Å². The minimum Gasteiger partial charge on any atom is -0.384 e. The van der Waals surface area contributed by atoms with Crippen LogP contribution in [0.4, 0.5) is 5.82 Å². The second-order valence-electron chi connectivity index (χ2n) is 7.38. The summed E-state index contributed by atoms with van der Waals surface area (Å²) in [7, 11) is 0. The van der Waals surface area contributed by atoms with Crippen LogP contribution < -0.4 is 5.73 Å². The number of anilines is 1. The standard InChI is InChI=1S/C23H22N6O/c24-21-11-17(6-8-26-21)19-12-25-15-28-23(19)20-14-29(9-10-30-20)13-18-4-1-3-16-5-2-7-27-22(16)18/h1-8,11-12,15,20H,9-10,13-14H2,(H2,24,26). The second kappa shape index (κ2) is 8.14. The molecule has 4 aromatic rings. The van der Waals surface area contributed by atoms with Crippen LogP contribution in [-0.2, 0) is 11.3 Å². The van der Waals surface area contributed by atoms with Crippen LogP contribution in [0, 0.1) is 0 Å². The monoisotopic (exact) mass is 398 g/mol. The van der Waals surface area contributed by atoms with E-state index in [0.717, 1.165) is 47.4 Å². The van der Waals surface area contributed by atoms with Crippen LogP contribution in [-0.4, -0.2) is 44.5 Å². The maximum atomic E-state index is 6.12. The third-order valence-electron chi connectivity index (χ3n) is 5.40. The van der Waals surface area contributed by atoms with Crippen molar-refractivity contribution < 1.29 is 4.74 Å². The number of fused-ring (bicyclic) bond motifs is 1. The Morgan fingerprint density at radius 1 is 1.07 bits per heavy atom. The Balaban J connectivity index is 1.41. The third kappa shape index (κ3) is 3.72. The Labute approximate surface area is 174 Å². The van der Waals surface area contributed by atoms with Gasteiger partial charge in [0, 0.05) is 49.2 Å². The lowest BCUT2D eigenvalue weighted by Crippen LogP contribution is -2.38. The van der Waals surface area contributed by atoms with Gasteiger partial charge in [0.15, 0.2) is 0 Å². The normalized spacial score (nSPS) is 17.3. The molecule has 7 nitrogen and oxygen atoms in total. The largest absolute Gasteiger partial charge is 0.384 e. The number of nitrogen functional groups attached to an aromatic ring is 1. The van der Waals surface area contributed by atoms with Gasteiger partial charge in [0.25, 0.3) is 0 Å². The van der Waals surface area contributed by atoms with Crippen LogP contribution in [0.25, 0.3) is 22.0 Å². The van der Waals surface area contributed by atoms with Crippen molar-refractivity contribution in [1.82, 2.24) is 24.8 Å². The van der Waals surface area contributed by atoms with E-state index in [9.17, 15) is 0 Å². The molecule has 0 radical (unpaired) electrons. The molecule has 30 heavy (non-hydrogen) atoms. The first kappa shape index (κ1) is 18.6. The highest BCUT2D eigenvalue weighted by Gasteiger charge is 2.26. The summed E-state index contributed by atoms with van der Waals surface area (Å²) in [6.45, 7) is 3.07. The topological polar surface area (TPSA) is 90.1 Å². The first-order chi connectivity index (χ1) is 14.8. The number of benzene rings is 1. The molecule has 150 valence electrons. The van der Waals surface area contributed by atoms with Crippen molar-refractivity contribution in [3.63, 3.8) is 0 Å². The summed E-state index contributed by atoms with van der Waals surface area (Å²) < 4.78 is 6.12. The van der Waals surface area contributed by atoms with E-state index < -0.39 is 0 Å². The summed E-state index contributed by atoms with van der Waals surface area (Å²) >= 11 is 0. The highest BCUT2D eigenvalue weighted by molar-refractivity contribution is 5.81. The maximum absolute atomic E-state index is 6.12. The van der Waals surface area contributed by atoms with Crippen LogP contribution in [0.3, 0.4) is 0 Å². The van der Waals surface area contributed by atoms with Crippen molar-refractivity contribution in [2.75, 3.05) is 25.4 Å². The van der Waals surface area contributed by atoms with Gasteiger partial charge in [-0.1, -0.05) is 24.3 Å². The molecule has 2 N–H and O–H groups in total. The molecular weight excluding hydrogens is 376 g/mol. The number of para-hydroxylation sites is 1. The SMILES string of the molecule is Nc1cc(-c2cncnc2C2CN(Cc3cccc4cccnc34)CCO2)ccn1. The van der Waals surface area contributed by atoms with E-state index >= 15 is 0 Å². The average Bonchev–Trinajstić information content (AvgIpc) is 2.80. The van der Waals surface area contributed by atoms with Crippen LogP contribution in [0.15, 0.2) is 67.4 Å². The molecule has 7 heteroatoms. The van der Waals surface area contributed by atoms with E-state index in [1.807, 2.05) is 30.6 Å². The molecule has 0 bridgehead atoms. The zero-order valence-electron chi connectivity index (χ0n) is 16.5. The molecule has 0 saturated carbocycles. The van der Waals surface area contributed by atoms with Gasteiger partial charge in [0.05, 0.1) is 17.8 Å². The van der Waals surface area contributed by atoms with Gasteiger partial charge in [0.2, 0.25) is 0 Å². The van der Waals surface area contributed by atoms with E-state index in [2.05, 4.69) is 49.1 Å². The predicted octanol–water partition coefficient (Wildman–Crippen LogP) is 3.24. The van der Waals surface area contributed by atoms with Crippen molar-refractivity contribution in [1.29, 1.82) is 0 Å². The van der Waals surface area contributed by atoms with Gasteiger partial charge in [-0.25, -0.2) is 15.0 Å². The van der Waals surface area contributed by atoms with Gasteiger partial charge in [-0.3, -0.25) is 9.88 Å². The highest BCUT2D eigenvalue weighted by atomic mass is 16.5. The minimum absolute atomic E-state index is 0.144. The zero-order valence-corrected chi connectivity index (χ0v) is 16.5. The molecule has 0 aliphatic carbocycles. The van der Waals surface area contributed by atoms with Gasteiger partial charge in [-0.15, -0.1) is 0 Å². The molecule has 1 unspecified atom stereocenters. The fraction of sp³-hybridized carbons (Fsp3) is 0.217. The van der Waals surface area contributed by atoms with Crippen molar-refractivity contribution in [2.45, 2.75) is 12.6 Å².